The maximum absolute atomic E-state index is 12.4. The van der Waals surface area contributed by atoms with E-state index in [9.17, 15) is 4.79 Å². The van der Waals surface area contributed by atoms with Gasteiger partial charge in [0.1, 0.15) is 0 Å². The van der Waals surface area contributed by atoms with Crippen LogP contribution in [0, 0.1) is 0 Å². The molecule has 1 aliphatic heterocycles. The number of piperazine rings is 1. The average Bonchev–Trinajstić information content (AvgIpc) is 2.76. The highest BCUT2D eigenvalue weighted by Crippen LogP contribution is 2.15. The van der Waals surface area contributed by atoms with Gasteiger partial charge in [0.05, 0.1) is 39.8 Å². The Kier molecular flexibility index (Phi) is 17.0. The fourth-order valence-electron chi connectivity index (χ4n) is 4.85. The number of carbonyl (C=O) groups excluding carboxylic acids is 1. The fraction of sp³-hybridized carbons (Fsp3) is 0.893. The van der Waals surface area contributed by atoms with Gasteiger partial charge in [-0.3, -0.25) is 4.79 Å². The summed E-state index contributed by atoms with van der Waals surface area (Å²) in [7, 11) is 2.28. The Hall–Kier alpha value is -0.830. The summed E-state index contributed by atoms with van der Waals surface area (Å²) in [6, 6.07) is 0. The van der Waals surface area contributed by atoms with Crippen molar-refractivity contribution in [3.8, 4) is 0 Å². The minimum absolute atomic E-state index is 0.380. The number of hydrogen-bond donors (Lipinski definition) is 0. The lowest BCUT2D eigenvalue weighted by molar-refractivity contribution is -0.907. The predicted octanol–water partition coefficient (Wildman–Crippen LogP) is 7.50. The average molecular weight is 436 g/mol. The third-order valence-electron chi connectivity index (χ3n) is 7.24. The Morgan fingerprint density at radius 2 is 1.13 bits per heavy atom. The summed E-state index contributed by atoms with van der Waals surface area (Å²) in [5.41, 5.74) is 0. The molecule has 0 radical (unpaired) electrons. The second kappa shape index (κ2) is 18.7. The molecule has 3 nitrogen and oxygen atoms in total. The zero-order valence-electron chi connectivity index (χ0n) is 21.4. The van der Waals surface area contributed by atoms with Crippen molar-refractivity contribution in [3.05, 3.63) is 12.7 Å². The molecule has 1 fully saturated rings. The molecule has 0 N–H and O–H groups in total. The van der Waals surface area contributed by atoms with Gasteiger partial charge in [-0.2, -0.15) is 0 Å². The van der Waals surface area contributed by atoms with Crippen LogP contribution in [0.4, 0.5) is 0 Å². The largest absolute Gasteiger partial charge is 0.331 e. The van der Waals surface area contributed by atoms with Crippen LogP contribution in [0.5, 0.6) is 0 Å². The van der Waals surface area contributed by atoms with Crippen molar-refractivity contribution in [2.45, 2.75) is 122 Å². The topological polar surface area (TPSA) is 20.3 Å². The normalized spacial score (nSPS) is 15.9. The van der Waals surface area contributed by atoms with E-state index in [-0.39, 0.29) is 0 Å². The fourth-order valence-corrected chi connectivity index (χ4v) is 4.85. The van der Waals surface area contributed by atoms with Crippen LogP contribution in [0.3, 0.4) is 0 Å². The van der Waals surface area contributed by atoms with Crippen LogP contribution in [0.1, 0.15) is 122 Å². The van der Waals surface area contributed by atoms with Crippen molar-refractivity contribution in [3.63, 3.8) is 0 Å². The molecule has 0 atom stereocenters. The van der Waals surface area contributed by atoms with E-state index in [4.69, 9.17) is 0 Å². The molecular weight excluding hydrogens is 380 g/mol. The van der Waals surface area contributed by atoms with Crippen LogP contribution in [-0.2, 0) is 4.79 Å². The number of likely N-dealkylation sites (N-methyl/N-ethyl adjacent to an activating group) is 1. The Morgan fingerprint density at radius 3 is 1.52 bits per heavy atom. The smallest absolute Gasteiger partial charge is 0.222 e. The third-order valence-corrected chi connectivity index (χ3v) is 7.24. The highest BCUT2D eigenvalue weighted by Gasteiger charge is 2.29. The maximum Gasteiger partial charge on any atom is 0.222 e. The van der Waals surface area contributed by atoms with Crippen LogP contribution in [0.25, 0.3) is 0 Å². The van der Waals surface area contributed by atoms with E-state index in [0.29, 0.717) is 5.91 Å². The van der Waals surface area contributed by atoms with Crippen molar-refractivity contribution in [2.24, 2.45) is 0 Å². The molecule has 0 saturated carbocycles. The lowest BCUT2D eigenvalue weighted by atomic mass is 10.0. The summed E-state index contributed by atoms with van der Waals surface area (Å²) < 4.78 is 1.03. The summed E-state index contributed by atoms with van der Waals surface area (Å²) in [5, 5.41) is 0. The number of quaternary nitrogens is 1. The second-order valence-electron chi connectivity index (χ2n) is 10.3. The quantitative estimate of drug-likeness (QED) is 0.110. The lowest BCUT2D eigenvalue weighted by Gasteiger charge is -2.41. The standard InChI is InChI=1S/C28H55N2O/c1-4-6-7-8-9-10-11-12-13-14-15-16-17-18-19-20-21-22-28(31)29-23-26-30(3,25-5-2)27-24-29/h5H,2,4,6-27H2,1,3H3/q+1. The van der Waals surface area contributed by atoms with Crippen molar-refractivity contribution >= 4 is 5.91 Å². The van der Waals surface area contributed by atoms with Gasteiger partial charge in [-0.05, 0) is 12.5 Å². The van der Waals surface area contributed by atoms with Crippen LogP contribution in [0.15, 0.2) is 12.7 Å². The molecule has 31 heavy (non-hydrogen) atoms. The number of hydrogen-bond acceptors (Lipinski definition) is 1. The molecule has 3 heteroatoms. The van der Waals surface area contributed by atoms with E-state index in [1.54, 1.807) is 0 Å². The molecule has 1 amide bonds. The molecule has 0 aromatic rings. The summed E-state index contributed by atoms with van der Waals surface area (Å²) in [4.78, 5) is 14.5. The molecule has 0 bridgehead atoms. The number of amides is 1. The molecule has 1 heterocycles. The summed E-state index contributed by atoms with van der Waals surface area (Å²) in [5.74, 6) is 0.380. The zero-order valence-corrected chi connectivity index (χ0v) is 21.4. The van der Waals surface area contributed by atoms with Crippen LogP contribution in [0.2, 0.25) is 0 Å². The van der Waals surface area contributed by atoms with E-state index in [1.807, 2.05) is 6.08 Å². The van der Waals surface area contributed by atoms with Gasteiger partial charge in [0.2, 0.25) is 5.91 Å². The van der Waals surface area contributed by atoms with Gasteiger partial charge in [0.15, 0.2) is 0 Å². The van der Waals surface area contributed by atoms with E-state index < -0.39 is 0 Å². The van der Waals surface area contributed by atoms with Crippen molar-refractivity contribution < 1.29 is 9.28 Å². The first-order valence-corrected chi connectivity index (χ1v) is 13.8. The Labute approximate surface area is 195 Å². The van der Waals surface area contributed by atoms with Gasteiger partial charge in [-0.25, -0.2) is 0 Å². The minimum Gasteiger partial charge on any atom is -0.331 e. The highest BCUT2D eigenvalue weighted by molar-refractivity contribution is 5.76. The van der Waals surface area contributed by atoms with Crippen LogP contribution in [-0.4, -0.2) is 55.1 Å². The van der Waals surface area contributed by atoms with Crippen molar-refractivity contribution in [2.75, 3.05) is 39.8 Å². The molecule has 1 aliphatic rings. The monoisotopic (exact) mass is 435 g/mol. The highest BCUT2D eigenvalue weighted by atomic mass is 16.2. The first kappa shape index (κ1) is 28.2. The van der Waals surface area contributed by atoms with Gasteiger partial charge < -0.3 is 9.38 Å². The first-order valence-electron chi connectivity index (χ1n) is 13.8. The lowest BCUT2D eigenvalue weighted by Crippen LogP contribution is -2.58. The number of rotatable bonds is 20. The molecule has 0 aliphatic carbocycles. The Balaban J connectivity index is 1.82. The van der Waals surface area contributed by atoms with Gasteiger partial charge in [0, 0.05) is 6.42 Å². The molecular formula is C28H55N2O+. The first-order chi connectivity index (χ1) is 15.1. The summed E-state index contributed by atoms with van der Waals surface area (Å²) in [6.07, 6.45) is 26.3. The van der Waals surface area contributed by atoms with E-state index >= 15 is 0 Å². The van der Waals surface area contributed by atoms with Crippen molar-refractivity contribution in [1.29, 1.82) is 0 Å². The second-order valence-corrected chi connectivity index (χ2v) is 10.3. The minimum atomic E-state index is 0.380. The van der Waals surface area contributed by atoms with E-state index in [1.165, 1.54) is 103 Å². The summed E-state index contributed by atoms with van der Waals surface area (Å²) in [6.45, 7) is 11.1. The van der Waals surface area contributed by atoms with Crippen LogP contribution >= 0.6 is 0 Å². The molecule has 0 spiro atoms. The Morgan fingerprint density at radius 1 is 0.742 bits per heavy atom. The molecule has 1 rings (SSSR count). The van der Waals surface area contributed by atoms with Crippen LogP contribution < -0.4 is 0 Å². The Bertz CT molecular complexity index is 440. The molecule has 0 aromatic carbocycles. The number of nitrogens with zero attached hydrogens (tertiary/aromatic N) is 2. The van der Waals surface area contributed by atoms with Gasteiger partial charge >= 0.3 is 0 Å². The molecule has 0 aromatic heterocycles. The van der Waals surface area contributed by atoms with Crippen molar-refractivity contribution in [1.82, 2.24) is 4.90 Å². The van der Waals surface area contributed by atoms with E-state index in [2.05, 4.69) is 25.5 Å². The molecule has 182 valence electrons. The third kappa shape index (κ3) is 14.8. The zero-order chi connectivity index (χ0) is 22.6. The SMILES string of the molecule is C=CC[N+]1(C)CCN(C(=O)CCCCCCCCCCCCCCCCCCC)CC1. The molecule has 1 saturated heterocycles. The maximum atomic E-state index is 12.4. The number of unbranched alkanes of at least 4 members (excludes halogenated alkanes) is 16. The van der Waals surface area contributed by atoms with Gasteiger partial charge in [-0.1, -0.05) is 116 Å². The predicted molar refractivity (Wildman–Crippen MR) is 136 cm³/mol. The van der Waals surface area contributed by atoms with Gasteiger partial charge in [0.25, 0.3) is 0 Å². The number of carbonyl (C=O) groups is 1. The summed E-state index contributed by atoms with van der Waals surface area (Å²) >= 11 is 0. The van der Waals surface area contributed by atoms with Gasteiger partial charge in [-0.15, -0.1) is 0 Å². The molecule has 0 unspecified atom stereocenters. The van der Waals surface area contributed by atoms with E-state index in [0.717, 1.165) is 50.0 Å².